The number of halogens is 2. The molecule has 124 valence electrons. The Bertz CT molecular complexity index is 480. The van der Waals surface area contributed by atoms with Crippen molar-refractivity contribution in [2.45, 2.75) is 32.3 Å². The number of aliphatic imine (C=N–C) groups is 1. The number of guanidine groups is 1. The molecule has 1 aliphatic rings. The van der Waals surface area contributed by atoms with Gasteiger partial charge in [-0.1, -0.05) is 13.0 Å². The summed E-state index contributed by atoms with van der Waals surface area (Å²) in [6.45, 7) is 3.66. The van der Waals surface area contributed by atoms with E-state index in [1.807, 2.05) is 6.92 Å². The standard InChI is InChI=1S/C16H24FN3O.HI/c1-3-14(21-15-6-4-5-13(17)9-15)11-20-16(18-2)19-10-12-7-8-12;/h4-6,9,12,14H,3,7-8,10-11H2,1-2H3,(H2,18,19,20);1H. The number of nitrogens with zero attached hydrogens (tertiary/aromatic N) is 1. The second-order valence-electron chi connectivity index (χ2n) is 5.38. The number of hydrogen-bond acceptors (Lipinski definition) is 2. The summed E-state index contributed by atoms with van der Waals surface area (Å²) in [5.74, 6) is 1.87. The van der Waals surface area contributed by atoms with Gasteiger partial charge in [0.05, 0.1) is 6.54 Å². The van der Waals surface area contributed by atoms with Gasteiger partial charge < -0.3 is 15.4 Å². The number of benzene rings is 1. The number of rotatable bonds is 7. The molecule has 0 saturated heterocycles. The SMILES string of the molecule is CCC(CNC(=NC)NCC1CC1)Oc1cccc(F)c1.I. The van der Waals surface area contributed by atoms with Crippen molar-refractivity contribution in [3.63, 3.8) is 0 Å². The third kappa shape index (κ3) is 6.81. The molecule has 0 aromatic heterocycles. The summed E-state index contributed by atoms with van der Waals surface area (Å²) >= 11 is 0. The maximum Gasteiger partial charge on any atom is 0.191 e. The van der Waals surface area contributed by atoms with Crippen LogP contribution in [0.5, 0.6) is 5.75 Å². The highest BCUT2D eigenvalue weighted by atomic mass is 127. The Morgan fingerprint density at radius 3 is 2.77 bits per heavy atom. The van der Waals surface area contributed by atoms with Crippen molar-refractivity contribution >= 4 is 29.9 Å². The fourth-order valence-corrected chi connectivity index (χ4v) is 2.00. The first kappa shape index (κ1) is 19.0. The lowest BCUT2D eigenvalue weighted by atomic mass is 10.2. The van der Waals surface area contributed by atoms with Crippen LogP contribution in [0.2, 0.25) is 0 Å². The van der Waals surface area contributed by atoms with E-state index in [4.69, 9.17) is 4.74 Å². The first-order valence-corrected chi connectivity index (χ1v) is 7.58. The Labute approximate surface area is 148 Å². The molecule has 0 spiro atoms. The average molecular weight is 421 g/mol. The van der Waals surface area contributed by atoms with Crippen molar-refractivity contribution < 1.29 is 9.13 Å². The van der Waals surface area contributed by atoms with Gasteiger partial charge in [-0.25, -0.2) is 4.39 Å². The number of ether oxygens (including phenoxy) is 1. The maximum atomic E-state index is 13.1. The van der Waals surface area contributed by atoms with E-state index < -0.39 is 0 Å². The topological polar surface area (TPSA) is 45.7 Å². The van der Waals surface area contributed by atoms with Crippen molar-refractivity contribution in [3.8, 4) is 5.75 Å². The molecule has 1 atom stereocenters. The summed E-state index contributed by atoms with van der Waals surface area (Å²) in [6.07, 6.45) is 3.43. The van der Waals surface area contributed by atoms with Gasteiger partial charge in [-0.05, 0) is 37.3 Å². The van der Waals surface area contributed by atoms with Crippen LogP contribution >= 0.6 is 24.0 Å². The van der Waals surface area contributed by atoms with Crippen molar-refractivity contribution in [1.82, 2.24) is 10.6 Å². The van der Waals surface area contributed by atoms with Crippen LogP contribution < -0.4 is 15.4 Å². The molecule has 0 aliphatic heterocycles. The number of hydrogen-bond donors (Lipinski definition) is 2. The molecule has 1 aromatic rings. The molecular weight excluding hydrogens is 396 g/mol. The normalized spacial score (nSPS) is 15.7. The molecular formula is C16H25FIN3O. The van der Waals surface area contributed by atoms with Gasteiger partial charge in [0.1, 0.15) is 17.7 Å². The van der Waals surface area contributed by atoms with Crippen LogP contribution in [-0.2, 0) is 0 Å². The largest absolute Gasteiger partial charge is 0.489 e. The molecule has 2 rings (SSSR count). The van der Waals surface area contributed by atoms with Crippen LogP contribution in [-0.4, -0.2) is 32.2 Å². The predicted octanol–water partition coefficient (Wildman–Crippen LogP) is 3.18. The van der Waals surface area contributed by atoms with Crippen LogP contribution in [0, 0.1) is 11.7 Å². The summed E-state index contributed by atoms with van der Waals surface area (Å²) in [6, 6.07) is 6.24. The van der Waals surface area contributed by atoms with Gasteiger partial charge in [0.25, 0.3) is 0 Å². The zero-order valence-electron chi connectivity index (χ0n) is 13.1. The second kappa shape index (κ2) is 9.86. The van der Waals surface area contributed by atoms with Gasteiger partial charge in [-0.3, -0.25) is 4.99 Å². The summed E-state index contributed by atoms with van der Waals surface area (Å²) in [5, 5.41) is 6.57. The molecule has 22 heavy (non-hydrogen) atoms. The molecule has 0 heterocycles. The first-order valence-electron chi connectivity index (χ1n) is 7.58. The van der Waals surface area contributed by atoms with Crippen molar-refractivity contribution in [1.29, 1.82) is 0 Å². The Morgan fingerprint density at radius 2 is 2.18 bits per heavy atom. The van der Waals surface area contributed by atoms with Gasteiger partial charge in [0.15, 0.2) is 5.96 Å². The van der Waals surface area contributed by atoms with Crippen LogP contribution in [0.4, 0.5) is 4.39 Å². The predicted molar refractivity (Wildman–Crippen MR) is 98.6 cm³/mol. The van der Waals surface area contributed by atoms with E-state index in [1.165, 1.54) is 25.0 Å². The Morgan fingerprint density at radius 1 is 1.41 bits per heavy atom. The lowest BCUT2D eigenvalue weighted by molar-refractivity contribution is 0.199. The van der Waals surface area contributed by atoms with Crippen molar-refractivity contribution in [2.75, 3.05) is 20.1 Å². The molecule has 1 fully saturated rings. The lowest BCUT2D eigenvalue weighted by Crippen LogP contribution is -2.43. The van der Waals surface area contributed by atoms with Crippen LogP contribution in [0.1, 0.15) is 26.2 Å². The molecule has 1 aliphatic carbocycles. The molecule has 1 aromatic carbocycles. The molecule has 0 bridgehead atoms. The van der Waals surface area contributed by atoms with Gasteiger partial charge in [0.2, 0.25) is 0 Å². The van der Waals surface area contributed by atoms with Crippen molar-refractivity contribution in [3.05, 3.63) is 30.1 Å². The first-order chi connectivity index (χ1) is 10.2. The van der Waals surface area contributed by atoms with Crippen LogP contribution in [0.3, 0.4) is 0 Å². The Hall–Kier alpha value is -1.05. The minimum Gasteiger partial charge on any atom is -0.489 e. The summed E-state index contributed by atoms with van der Waals surface area (Å²) in [5.41, 5.74) is 0. The summed E-state index contributed by atoms with van der Waals surface area (Å²) < 4.78 is 18.9. The van der Waals surface area contributed by atoms with E-state index in [-0.39, 0.29) is 35.9 Å². The zero-order valence-corrected chi connectivity index (χ0v) is 15.5. The van der Waals surface area contributed by atoms with Crippen molar-refractivity contribution in [2.24, 2.45) is 10.9 Å². The molecule has 0 amide bonds. The maximum absolute atomic E-state index is 13.1. The van der Waals surface area contributed by atoms with Gasteiger partial charge >= 0.3 is 0 Å². The minimum atomic E-state index is -0.280. The third-order valence-corrected chi connectivity index (χ3v) is 3.53. The van der Waals surface area contributed by atoms with E-state index in [9.17, 15) is 4.39 Å². The molecule has 2 N–H and O–H groups in total. The smallest absolute Gasteiger partial charge is 0.191 e. The van der Waals surface area contributed by atoms with E-state index in [0.29, 0.717) is 12.3 Å². The quantitative estimate of drug-likeness (QED) is 0.404. The molecule has 1 saturated carbocycles. The minimum absolute atomic E-state index is 0. The fourth-order valence-electron chi connectivity index (χ4n) is 2.00. The summed E-state index contributed by atoms with van der Waals surface area (Å²) in [7, 11) is 1.76. The monoisotopic (exact) mass is 421 g/mol. The van der Waals surface area contributed by atoms with Crippen LogP contribution in [0.25, 0.3) is 0 Å². The van der Waals surface area contributed by atoms with E-state index >= 15 is 0 Å². The Balaban J connectivity index is 0.00000242. The molecule has 1 unspecified atom stereocenters. The highest BCUT2D eigenvalue weighted by Gasteiger charge is 2.21. The molecule has 6 heteroatoms. The van der Waals surface area contributed by atoms with E-state index in [2.05, 4.69) is 15.6 Å². The van der Waals surface area contributed by atoms with Gasteiger partial charge in [-0.15, -0.1) is 24.0 Å². The second-order valence-corrected chi connectivity index (χ2v) is 5.38. The number of nitrogens with one attached hydrogen (secondary N) is 2. The third-order valence-electron chi connectivity index (χ3n) is 3.53. The average Bonchev–Trinajstić information content (AvgIpc) is 3.30. The highest BCUT2D eigenvalue weighted by Crippen LogP contribution is 2.27. The zero-order chi connectivity index (χ0) is 15.1. The Kier molecular flexibility index (Phi) is 8.52. The highest BCUT2D eigenvalue weighted by molar-refractivity contribution is 14.0. The van der Waals surface area contributed by atoms with Gasteiger partial charge in [-0.2, -0.15) is 0 Å². The molecule has 0 radical (unpaired) electrons. The lowest BCUT2D eigenvalue weighted by Gasteiger charge is -2.20. The van der Waals surface area contributed by atoms with E-state index in [1.54, 1.807) is 19.2 Å². The summed E-state index contributed by atoms with van der Waals surface area (Å²) in [4.78, 5) is 4.19. The van der Waals surface area contributed by atoms with E-state index in [0.717, 1.165) is 24.8 Å². The molecule has 4 nitrogen and oxygen atoms in total. The van der Waals surface area contributed by atoms with Crippen LogP contribution in [0.15, 0.2) is 29.3 Å². The van der Waals surface area contributed by atoms with Gasteiger partial charge in [0, 0.05) is 19.7 Å². The fraction of sp³-hybridized carbons (Fsp3) is 0.562.